The molecule has 0 saturated heterocycles. The second-order valence-electron chi connectivity index (χ2n) is 6.59. The lowest BCUT2D eigenvalue weighted by atomic mass is 10.2. The van der Waals surface area contributed by atoms with Gasteiger partial charge in [-0.3, -0.25) is 14.3 Å². The van der Waals surface area contributed by atoms with Crippen LogP contribution in [-0.2, 0) is 13.1 Å². The normalized spacial score (nSPS) is 11.0. The Kier molecular flexibility index (Phi) is 6.46. The largest absolute Gasteiger partial charge is 0.348 e. The molecule has 0 radical (unpaired) electrons. The Hall–Kier alpha value is -2.67. The number of carbonyl (C=O) groups excluding carboxylic acids is 1. The monoisotopic (exact) mass is 395 g/mol. The van der Waals surface area contributed by atoms with Crippen LogP contribution < -0.4 is 0 Å². The number of pyridine rings is 1. The summed E-state index contributed by atoms with van der Waals surface area (Å²) in [6, 6.07) is 5.78. The van der Waals surface area contributed by atoms with Crippen LogP contribution in [0.4, 0.5) is 0 Å². The highest BCUT2D eigenvalue weighted by atomic mass is 32.2. The van der Waals surface area contributed by atoms with Crippen molar-refractivity contribution in [2.24, 2.45) is 0 Å². The van der Waals surface area contributed by atoms with Crippen LogP contribution in [0.2, 0.25) is 0 Å². The number of aryl methyl sites for hydroxylation is 1. The summed E-state index contributed by atoms with van der Waals surface area (Å²) in [5.41, 5.74) is 3.89. The van der Waals surface area contributed by atoms with Crippen molar-refractivity contribution in [3.63, 3.8) is 0 Å². The first-order chi connectivity index (χ1) is 13.6. The Balaban J connectivity index is 1.79. The predicted octanol–water partition coefficient (Wildman–Crippen LogP) is 4.33. The van der Waals surface area contributed by atoms with E-state index in [0.717, 1.165) is 41.3 Å². The van der Waals surface area contributed by atoms with Crippen molar-refractivity contribution in [2.45, 2.75) is 45.4 Å². The van der Waals surface area contributed by atoms with Crippen LogP contribution in [0.3, 0.4) is 0 Å². The van der Waals surface area contributed by atoms with Crippen LogP contribution in [0.1, 0.15) is 35.1 Å². The van der Waals surface area contributed by atoms with Crippen LogP contribution in [0.25, 0.3) is 11.4 Å². The Bertz CT molecular complexity index is 974. The molecule has 0 atom stereocenters. The van der Waals surface area contributed by atoms with E-state index in [1.807, 2.05) is 36.6 Å². The molecular formula is C21H25N5OS. The SMILES string of the molecule is C=CCn1c(SCC(=O)c2cc(C)n(CCC)c2C)nnc1-c1ccncc1. The number of hydrogen-bond acceptors (Lipinski definition) is 5. The summed E-state index contributed by atoms with van der Waals surface area (Å²) in [5.74, 6) is 1.18. The third kappa shape index (κ3) is 4.09. The molecule has 3 rings (SSSR count). The lowest BCUT2D eigenvalue weighted by Crippen LogP contribution is -2.08. The molecule has 0 saturated carbocycles. The quantitative estimate of drug-likeness (QED) is 0.306. The van der Waals surface area contributed by atoms with Gasteiger partial charge in [-0.15, -0.1) is 16.8 Å². The average Bonchev–Trinajstić information content (AvgIpc) is 3.23. The van der Waals surface area contributed by atoms with E-state index in [4.69, 9.17) is 0 Å². The van der Waals surface area contributed by atoms with Gasteiger partial charge in [0.05, 0.1) is 5.75 Å². The average molecular weight is 396 g/mol. The molecule has 3 heterocycles. The predicted molar refractivity (Wildman–Crippen MR) is 113 cm³/mol. The fourth-order valence-corrected chi connectivity index (χ4v) is 4.09. The van der Waals surface area contributed by atoms with Crippen molar-refractivity contribution in [2.75, 3.05) is 5.75 Å². The van der Waals surface area contributed by atoms with Crippen molar-refractivity contribution in [1.29, 1.82) is 0 Å². The van der Waals surface area contributed by atoms with Crippen LogP contribution in [-0.4, -0.2) is 35.9 Å². The van der Waals surface area contributed by atoms with Gasteiger partial charge in [0, 0.05) is 48.0 Å². The third-order valence-electron chi connectivity index (χ3n) is 4.62. The molecule has 3 aromatic heterocycles. The van der Waals surface area contributed by atoms with Crippen molar-refractivity contribution in [3.05, 3.63) is 60.2 Å². The van der Waals surface area contributed by atoms with Gasteiger partial charge in [0.15, 0.2) is 16.8 Å². The number of ketones is 1. The fourth-order valence-electron chi connectivity index (χ4n) is 3.26. The maximum atomic E-state index is 12.8. The number of rotatable bonds is 9. The molecule has 0 unspecified atom stereocenters. The number of allylic oxidation sites excluding steroid dienone is 1. The maximum Gasteiger partial charge on any atom is 0.192 e. The van der Waals surface area contributed by atoms with Gasteiger partial charge in [-0.05, 0) is 38.5 Å². The molecule has 6 nitrogen and oxygen atoms in total. The summed E-state index contributed by atoms with van der Waals surface area (Å²) in [5, 5.41) is 9.33. The highest BCUT2D eigenvalue weighted by Gasteiger charge is 2.18. The molecule has 146 valence electrons. The van der Waals surface area contributed by atoms with Gasteiger partial charge in [-0.1, -0.05) is 24.8 Å². The van der Waals surface area contributed by atoms with E-state index in [2.05, 4.69) is 33.3 Å². The summed E-state index contributed by atoms with van der Waals surface area (Å²) in [7, 11) is 0. The standard InChI is InChI=1S/C21H25N5OS/c1-5-11-25-15(3)13-18(16(25)4)19(27)14-28-21-24-23-20(26(21)12-6-2)17-7-9-22-10-8-17/h6-10,13H,2,5,11-12,14H2,1,3-4H3. The van der Waals surface area contributed by atoms with E-state index in [0.29, 0.717) is 17.5 Å². The smallest absolute Gasteiger partial charge is 0.192 e. The zero-order chi connectivity index (χ0) is 20.1. The maximum absolute atomic E-state index is 12.8. The van der Waals surface area contributed by atoms with Crippen molar-refractivity contribution in [3.8, 4) is 11.4 Å². The van der Waals surface area contributed by atoms with Gasteiger partial charge in [0.2, 0.25) is 0 Å². The highest BCUT2D eigenvalue weighted by molar-refractivity contribution is 7.99. The van der Waals surface area contributed by atoms with E-state index in [9.17, 15) is 4.79 Å². The minimum atomic E-state index is 0.110. The molecule has 0 spiro atoms. The number of carbonyl (C=O) groups is 1. The van der Waals surface area contributed by atoms with Gasteiger partial charge in [-0.25, -0.2) is 0 Å². The first-order valence-corrected chi connectivity index (χ1v) is 10.3. The molecule has 0 aromatic carbocycles. The fraction of sp³-hybridized carbons (Fsp3) is 0.333. The van der Waals surface area contributed by atoms with E-state index in [1.54, 1.807) is 18.5 Å². The van der Waals surface area contributed by atoms with E-state index in [-0.39, 0.29) is 5.78 Å². The number of aromatic nitrogens is 5. The molecule has 0 fully saturated rings. The van der Waals surface area contributed by atoms with Crippen LogP contribution >= 0.6 is 11.8 Å². The van der Waals surface area contributed by atoms with Gasteiger partial charge >= 0.3 is 0 Å². The number of nitrogens with zero attached hydrogens (tertiary/aromatic N) is 5. The summed E-state index contributed by atoms with van der Waals surface area (Å²) in [4.78, 5) is 16.9. The van der Waals surface area contributed by atoms with E-state index < -0.39 is 0 Å². The molecule has 0 bridgehead atoms. The Morgan fingerprint density at radius 2 is 1.96 bits per heavy atom. The minimum Gasteiger partial charge on any atom is -0.348 e. The molecule has 0 aliphatic heterocycles. The zero-order valence-corrected chi connectivity index (χ0v) is 17.4. The summed E-state index contributed by atoms with van der Waals surface area (Å²) < 4.78 is 4.18. The van der Waals surface area contributed by atoms with Crippen LogP contribution in [0.5, 0.6) is 0 Å². The second-order valence-corrected chi connectivity index (χ2v) is 7.53. The van der Waals surface area contributed by atoms with Crippen molar-refractivity contribution < 1.29 is 4.79 Å². The van der Waals surface area contributed by atoms with Gasteiger partial charge in [0.1, 0.15) is 0 Å². The van der Waals surface area contributed by atoms with Crippen molar-refractivity contribution in [1.82, 2.24) is 24.3 Å². The van der Waals surface area contributed by atoms with Crippen LogP contribution in [0.15, 0.2) is 48.4 Å². The molecule has 0 aliphatic carbocycles. The lowest BCUT2D eigenvalue weighted by Gasteiger charge is -2.08. The number of hydrogen-bond donors (Lipinski definition) is 0. The van der Waals surface area contributed by atoms with Crippen LogP contribution in [0, 0.1) is 13.8 Å². The number of Topliss-reactive ketones (excluding diaryl/α,β-unsaturated/α-hetero) is 1. The second kappa shape index (κ2) is 9.01. The zero-order valence-electron chi connectivity index (χ0n) is 16.6. The topological polar surface area (TPSA) is 65.6 Å². The van der Waals surface area contributed by atoms with Gasteiger partial charge in [-0.2, -0.15) is 0 Å². The Morgan fingerprint density at radius 3 is 2.64 bits per heavy atom. The molecular weight excluding hydrogens is 370 g/mol. The van der Waals surface area contributed by atoms with E-state index >= 15 is 0 Å². The van der Waals surface area contributed by atoms with E-state index in [1.165, 1.54) is 11.8 Å². The number of thioether (sulfide) groups is 1. The summed E-state index contributed by atoms with van der Waals surface area (Å²) in [6.45, 7) is 11.5. The summed E-state index contributed by atoms with van der Waals surface area (Å²) >= 11 is 1.41. The first kappa shape index (κ1) is 20.1. The molecule has 0 amide bonds. The van der Waals surface area contributed by atoms with Gasteiger partial charge < -0.3 is 4.57 Å². The van der Waals surface area contributed by atoms with Crippen molar-refractivity contribution >= 4 is 17.5 Å². The molecule has 7 heteroatoms. The molecule has 0 aliphatic rings. The first-order valence-electron chi connectivity index (χ1n) is 9.34. The Labute approximate surface area is 169 Å². The molecule has 0 N–H and O–H groups in total. The molecule has 3 aromatic rings. The molecule has 28 heavy (non-hydrogen) atoms. The highest BCUT2D eigenvalue weighted by Crippen LogP contribution is 2.25. The summed E-state index contributed by atoms with van der Waals surface area (Å²) in [6.07, 6.45) is 6.30. The minimum absolute atomic E-state index is 0.110. The van der Waals surface area contributed by atoms with Gasteiger partial charge in [0.25, 0.3) is 0 Å². The third-order valence-corrected chi connectivity index (χ3v) is 5.59. The lowest BCUT2D eigenvalue weighted by molar-refractivity contribution is 0.102. The Morgan fingerprint density at radius 1 is 1.21 bits per heavy atom.